The summed E-state index contributed by atoms with van der Waals surface area (Å²) < 4.78 is 0. The lowest BCUT2D eigenvalue weighted by Crippen LogP contribution is -2.51. The third kappa shape index (κ3) is 3.50. The number of hydrogen-bond acceptors (Lipinski definition) is 2. The summed E-state index contributed by atoms with van der Waals surface area (Å²) in [6.45, 7) is 6.33. The average molecular weight is 275 g/mol. The third-order valence-corrected chi connectivity index (χ3v) is 3.07. The topological polar surface area (TPSA) is 61.4 Å². The molecule has 0 saturated carbocycles. The largest absolute Gasteiger partial charge is 0.334 e. The quantitative estimate of drug-likeness (QED) is 0.866. The first-order valence-corrected chi connectivity index (χ1v) is 6.82. The van der Waals surface area contributed by atoms with Crippen LogP contribution in [0.25, 0.3) is 0 Å². The highest BCUT2D eigenvalue weighted by Crippen LogP contribution is 2.20. The first kappa shape index (κ1) is 14.4. The lowest BCUT2D eigenvalue weighted by atomic mass is 10.1. The number of carbonyl (C=O) groups is 2. The number of rotatable bonds is 2. The molecule has 1 saturated heterocycles. The van der Waals surface area contributed by atoms with E-state index in [0.29, 0.717) is 13.0 Å². The van der Waals surface area contributed by atoms with Gasteiger partial charge in [-0.25, -0.2) is 4.79 Å². The van der Waals surface area contributed by atoms with Gasteiger partial charge in [-0.05, 0) is 39.3 Å². The van der Waals surface area contributed by atoms with E-state index in [-0.39, 0.29) is 17.5 Å². The van der Waals surface area contributed by atoms with Crippen molar-refractivity contribution in [2.24, 2.45) is 0 Å². The summed E-state index contributed by atoms with van der Waals surface area (Å²) >= 11 is 0. The summed E-state index contributed by atoms with van der Waals surface area (Å²) in [5.41, 5.74) is 0.559. The van der Waals surface area contributed by atoms with Gasteiger partial charge in [0, 0.05) is 17.8 Å². The zero-order valence-corrected chi connectivity index (χ0v) is 12.1. The van der Waals surface area contributed by atoms with Crippen LogP contribution < -0.4 is 15.5 Å². The molecule has 20 heavy (non-hydrogen) atoms. The summed E-state index contributed by atoms with van der Waals surface area (Å²) in [4.78, 5) is 25.8. The Labute approximate surface area is 119 Å². The van der Waals surface area contributed by atoms with E-state index in [9.17, 15) is 9.59 Å². The van der Waals surface area contributed by atoms with Crippen LogP contribution in [0.4, 0.5) is 10.5 Å². The Morgan fingerprint density at radius 2 is 1.90 bits per heavy atom. The highest BCUT2D eigenvalue weighted by Gasteiger charge is 2.33. The summed E-state index contributed by atoms with van der Waals surface area (Å²) in [7, 11) is 0. The number of amides is 3. The van der Waals surface area contributed by atoms with Crippen LogP contribution in [-0.2, 0) is 4.79 Å². The second kappa shape index (κ2) is 5.53. The first-order chi connectivity index (χ1) is 9.37. The fourth-order valence-electron chi connectivity index (χ4n) is 2.21. The predicted octanol–water partition coefficient (Wildman–Crippen LogP) is 1.89. The van der Waals surface area contributed by atoms with Crippen molar-refractivity contribution >= 4 is 17.6 Å². The molecular weight excluding hydrogens is 254 g/mol. The van der Waals surface area contributed by atoms with E-state index >= 15 is 0 Å². The van der Waals surface area contributed by atoms with Crippen molar-refractivity contribution in [2.75, 3.05) is 11.4 Å². The predicted molar refractivity (Wildman–Crippen MR) is 78.6 cm³/mol. The Bertz CT molecular complexity index is 494. The molecule has 0 spiro atoms. The van der Waals surface area contributed by atoms with Gasteiger partial charge in [0.15, 0.2) is 0 Å². The molecule has 1 aromatic rings. The molecule has 0 bridgehead atoms. The van der Waals surface area contributed by atoms with Crippen LogP contribution in [0.1, 0.15) is 27.2 Å². The second-order valence-electron chi connectivity index (χ2n) is 6.02. The molecule has 1 aliphatic heterocycles. The number of nitrogens with one attached hydrogen (secondary N) is 2. The zero-order chi connectivity index (χ0) is 14.8. The third-order valence-electron chi connectivity index (χ3n) is 3.07. The lowest BCUT2D eigenvalue weighted by molar-refractivity contribution is -0.118. The maximum atomic E-state index is 12.3. The number of benzene rings is 1. The normalized spacial score (nSPS) is 19.1. The molecule has 5 nitrogen and oxygen atoms in total. The molecule has 0 unspecified atom stereocenters. The van der Waals surface area contributed by atoms with Crippen LogP contribution >= 0.6 is 0 Å². The van der Waals surface area contributed by atoms with Crippen molar-refractivity contribution < 1.29 is 9.59 Å². The molecule has 1 atom stereocenters. The Balaban J connectivity index is 1.97. The fourth-order valence-corrected chi connectivity index (χ4v) is 2.21. The molecule has 0 aliphatic carbocycles. The van der Waals surface area contributed by atoms with Gasteiger partial charge in [-0.2, -0.15) is 0 Å². The molecule has 0 aromatic heterocycles. The molecule has 2 N–H and O–H groups in total. The molecule has 108 valence electrons. The Hall–Kier alpha value is -2.04. The van der Waals surface area contributed by atoms with E-state index < -0.39 is 6.04 Å². The summed E-state index contributed by atoms with van der Waals surface area (Å²) in [6, 6.07) is 8.76. The van der Waals surface area contributed by atoms with Gasteiger partial charge in [0.2, 0.25) is 5.91 Å². The molecule has 1 heterocycles. The number of carbonyl (C=O) groups excluding carboxylic acids is 2. The van der Waals surface area contributed by atoms with Crippen LogP contribution in [0.5, 0.6) is 0 Å². The molecule has 5 heteroatoms. The van der Waals surface area contributed by atoms with Gasteiger partial charge in [0.05, 0.1) is 0 Å². The number of anilines is 1. The fraction of sp³-hybridized carbons (Fsp3) is 0.467. The number of hydrogen-bond donors (Lipinski definition) is 2. The van der Waals surface area contributed by atoms with E-state index in [2.05, 4.69) is 10.6 Å². The minimum Gasteiger partial charge on any atom is -0.334 e. The lowest BCUT2D eigenvalue weighted by Gasteiger charge is -2.22. The van der Waals surface area contributed by atoms with E-state index in [1.807, 2.05) is 51.1 Å². The number of nitrogens with zero attached hydrogens (tertiary/aromatic N) is 1. The van der Waals surface area contributed by atoms with Gasteiger partial charge in [0.1, 0.15) is 6.04 Å². The van der Waals surface area contributed by atoms with Gasteiger partial charge >= 0.3 is 6.03 Å². The second-order valence-corrected chi connectivity index (χ2v) is 6.02. The van der Waals surface area contributed by atoms with Gasteiger partial charge in [-0.15, -0.1) is 0 Å². The zero-order valence-electron chi connectivity index (χ0n) is 12.1. The van der Waals surface area contributed by atoms with Crippen LogP contribution in [0, 0.1) is 0 Å². The molecule has 1 aromatic carbocycles. The van der Waals surface area contributed by atoms with Crippen LogP contribution in [0.2, 0.25) is 0 Å². The van der Waals surface area contributed by atoms with E-state index in [0.717, 1.165) is 5.69 Å². The average Bonchev–Trinajstić information content (AvgIpc) is 2.70. The highest BCUT2D eigenvalue weighted by molar-refractivity contribution is 6.01. The Morgan fingerprint density at radius 1 is 1.25 bits per heavy atom. The molecule has 0 radical (unpaired) electrons. The van der Waals surface area contributed by atoms with E-state index in [1.165, 1.54) is 0 Å². The van der Waals surface area contributed by atoms with Gasteiger partial charge in [0.25, 0.3) is 0 Å². The van der Waals surface area contributed by atoms with Gasteiger partial charge in [-0.1, -0.05) is 18.2 Å². The maximum Gasteiger partial charge on any atom is 0.315 e. The van der Waals surface area contributed by atoms with Crippen LogP contribution in [-0.4, -0.2) is 30.1 Å². The van der Waals surface area contributed by atoms with Gasteiger partial charge in [-0.3, -0.25) is 4.79 Å². The molecular formula is C15H21N3O2. The number of para-hydroxylation sites is 1. The summed E-state index contributed by atoms with van der Waals surface area (Å²) in [6.07, 6.45) is 0.630. The first-order valence-electron chi connectivity index (χ1n) is 6.82. The van der Waals surface area contributed by atoms with E-state index in [1.54, 1.807) is 4.90 Å². The summed E-state index contributed by atoms with van der Waals surface area (Å²) in [5.74, 6) is -0.0553. The van der Waals surface area contributed by atoms with Crippen LogP contribution in [0.15, 0.2) is 30.3 Å². The van der Waals surface area contributed by atoms with Crippen molar-refractivity contribution in [1.82, 2.24) is 10.6 Å². The van der Waals surface area contributed by atoms with Crippen LogP contribution in [0.3, 0.4) is 0 Å². The molecule has 3 amide bonds. The maximum absolute atomic E-state index is 12.3. The van der Waals surface area contributed by atoms with Crippen molar-refractivity contribution in [3.63, 3.8) is 0 Å². The molecule has 1 fully saturated rings. The minimum atomic E-state index is -0.447. The van der Waals surface area contributed by atoms with Crippen molar-refractivity contribution in [3.8, 4) is 0 Å². The van der Waals surface area contributed by atoms with Crippen molar-refractivity contribution in [2.45, 2.75) is 38.8 Å². The Kier molecular flexibility index (Phi) is 3.97. The number of urea groups is 1. The monoisotopic (exact) mass is 275 g/mol. The highest BCUT2D eigenvalue weighted by atomic mass is 16.2. The van der Waals surface area contributed by atoms with Crippen molar-refractivity contribution in [1.29, 1.82) is 0 Å². The van der Waals surface area contributed by atoms with E-state index in [4.69, 9.17) is 0 Å². The van der Waals surface area contributed by atoms with Gasteiger partial charge < -0.3 is 15.5 Å². The Morgan fingerprint density at radius 3 is 2.50 bits per heavy atom. The molecule has 2 rings (SSSR count). The smallest absolute Gasteiger partial charge is 0.315 e. The molecule has 1 aliphatic rings. The standard InChI is InChI=1S/C15H21N3O2/c1-15(2,3)17-14(20)16-12-9-10-18(13(12)19)11-7-5-4-6-8-11/h4-8,12H,9-10H2,1-3H3,(H2,16,17,20)/t12-/m0/s1. The minimum absolute atomic E-state index is 0.0553. The van der Waals surface area contributed by atoms with Crippen molar-refractivity contribution in [3.05, 3.63) is 30.3 Å². The SMILES string of the molecule is CC(C)(C)NC(=O)N[C@H]1CCN(c2ccccc2)C1=O. The summed E-state index contributed by atoms with van der Waals surface area (Å²) in [5, 5.41) is 5.54.